The molecule has 2 N–H and O–H groups in total. The van der Waals surface area contributed by atoms with Gasteiger partial charge in [0.15, 0.2) is 0 Å². The number of ether oxygens (including phenoxy) is 1. The van der Waals surface area contributed by atoms with Gasteiger partial charge in [0.05, 0.1) is 13.5 Å². The van der Waals surface area contributed by atoms with Gasteiger partial charge in [-0.3, -0.25) is 4.79 Å². The van der Waals surface area contributed by atoms with Crippen molar-refractivity contribution in [3.8, 4) is 0 Å². The highest BCUT2D eigenvalue weighted by Crippen LogP contribution is 2.27. The van der Waals surface area contributed by atoms with Crippen molar-refractivity contribution >= 4 is 17.6 Å². The van der Waals surface area contributed by atoms with Gasteiger partial charge in [-0.25, -0.2) is 0 Å². The fourth-order valence-corrected chi connectivity index (χ4v) is 2.87. The zero-order chi connectivity index (χ0) is 14.5. The standard InChI is InChI=1S/C15H21ClN2O2/c1-20-15(19)6-7-18-9-12(8-14(17)10-18)11-2-4-13(16)5-3-11/h2-5,12,14H,6-10,17H2,1H3. The number of nitrogens with two attached hydrogens (primary N) is 1. The van der Waals surface area contributed by atoms with Gasteiger partial charge >= 0.3 is 5.97 Å². The van der Waals surface area contributed by atoms with E-state index in [4.69, 9.17) is 17.3 Å². The van der Waals surface area contributed by atoms with Crippen LogP contribution in [0.15, 0.2) is 24.3 Å². The van der Waals surface area contributed by atoms with Crippen molar-refractivity contribution in [2.45, 2.75) is 24.8 Å². The number of piperidine rings is 1. The van der Waals surface area contributed by atoms with Crippen LogP contribution in [0.25, 0.3) is 0 Å². The first-order valence-electron chi connectivity index (χ1n) is 6.88. The SMILES string of the molecule is COC(=O)CCN1CC(N)CC(c2ccc(Cl)cc2)C1. The number of carbonyl (C=O) groups excluding carboxylic acids is 1. The Hall–Kier alpha value is -1.10. The summed E-state index contributed by atoms with van der Waals surface area (Å²) in [6.07, 6.45) is 1.38. The van der Waals surface area contributed by atoms with Gasteiger partial charge in [-0.2, -0.15) is 0 Å². The monoisotopic (exact) mass is 296 g/mol. The molecule has 110 valence electrons. The van der Waals surface area contributed by atoms with Crippen LogP contribution in [0.1, 0.15) is 24.3 Å². The normalized spacial score (nSPS) is 23.6. The van der Waals surface area contributed by atoms with Crippen molar-refractivity contribution in [1.82, 2.24) is 4.90 Å². The predicted molar refractivity (Wildman–Crippen MR) is 79.9 cm³/mol. The Balaban J connectivity index is 1.97. The summed E-state index contributed by atoms with van der Waals surface area (Å²) in [6.45, 7) is 2.46. The van der Waals surface area contributed by atoms with E-state index in [9.17, 15) is 4.79 Å². The molecule has 1 aromatic carbocycles. The Kier molecular flexibility index (Phi) is 5.40. The lowest BCUT2D eigenvalue weighted by Gasteiger charge is -2.36. The largest absolute Gasteiger partial charge is 0.469 e. The van der Waals surface area contributed by atoms with Crippen LogP contribution in [-0.4, -0.2) is 43.7 Å². The molecule has 4 nitrogen and oxygen atoms in total. The van der Waals surface area contributed by atoms with Gasteiger partial charge in [0, 0.05) is 30.7 Å². The number of hydrogen-bond donors (Lipinski definition) is 1. The number of rotatable bonds is 4. The van der Waals surface area contributed by atoms with Crippen molar-refractivity contribution in [3.05, 3.63) is 34.9 Å². The maximum Gasteiger partial charge on any atom is 0.306 e. The predicted octanol–water partition coefficient (Wildman–Crippen LogP) is 2.02. The minimum absolute atomic E-state index is 0.141. The third kappa shape index (κ3) is 4.20. The molecule has 0 radical (unpaired) electrons. The van der Waals surface area contributed by atoms with E-state index in [2.05, 4.69) is 21.8 Å². The molecule has 2 rings (SSSR count). The number of methoxy groups -OCH3 is 1. The van der Waals surface area contributed by atoms with Gasteiger partial charge < -0.3 is 15.4 Å². The number of benzene rings is 1. The van der Waals surface area contributed by atoms with Gasteiger partial charge in [0.25, 0.3) is 0 Å². The Morgan fingerprint density at radius 2 is 2.10 bits per heavy atom. The van der Waals surface area contributed by atoms with Crippen molar-refractivity contribution in [2.75, 3.05) is 26.7 Å². The number of nitrogens with zero attached hydrogens (tertiary/aromatic N) is 1. The molecular weight excluding hydrogens is 276 g/mol. The molecule has 0 aliphatic carbocycles. The minimum Gasteiger partial charge on any atom is -0.469 e. The summed E-state index contributed by atoms with van der Waals surface area (Å²) in [7, 11) is 1.42. The highest BCUT2D eigenvalue weighted by Gasteiger charge is 2.26. The van der Waals surface area contributed by atoms with E-state index >= 15 is 0 Å². The van der Waals surface area contributed by atoms with Crippen LogP contribution in [-0.2, 0) is 9.53 Å². The molecule has 2 unspecified atom stereocenters. The third-order valence-corrected chi connectivity index (χ3v) is 4.01. The summed E-state index contributed by atoms with van der Waals surface area (Å²) in [6, 6.07) is 8.08. The molecule has 1 aromatic rings. The minimum atomic E-state index is -0.174. The number of hydrogen-bond acceptors (Lipinski definition) is 4. The van der Waals surface area contributed by atoms with E-state index in [1.807, 2.05) is 12.1 Å². The molecule has 0 saturated carbocycles. The van der Waals surface area contributed by atoms with Gasteiger partial charge in [0.2, 0.25) is 0 Å². The molecule has 1 fully saturated rings. The second kappa shape index (κ2) is 7.07. The average Bonchev–Trinajstić information content (AvgIpc) is 2.45. The van der Waals surface area contributed by atoms with Crippen LogP contribution in [0, 0.1) is 0 Å². The zero-order valence-electron chi connectivity index (χ0n) is 11.7. The van der Waals surface area contributed by atoms with Gasteiger partial charge in [-0.05, 0) is 30.0 Å². The van der Waals surface area contributed by atoms with E-state index in [1.165, 1.54) is 12.7 Å². The Morgan fingerprint density at radius 1 is 1.40 bits per heavy atom. The number of carbonyl (C=O) groups is 1. The van der Waals surface area contributed by atoms with E-state index in [-0.39, 0.29) is 12.0 Å². The van der Waals surface area contributed by atoms with Gasteiger partial charge in [0.1, 0.15) is 0 Å². The fourth-order valence-electron chi connectivity index (χ4n) is 2.74. The van der Waals surface area contributed by atoms with E-state index in [0.29, 0.717) is 18.9 Å². The summed E-state index contributed by atoms with van der Waals surface area (Å²) < 4.78 is 4.68. The summed E-state index contributed by atoms with van der Waals surface area (Å²) in [4.78, 5) is 13.5. The lowest BCUT2D eigenvalue weighted by molar-refractivity contribution is -0.141. The van der Waals surface area contributed by atoms with Crippen molar-refractivity contribution in [1.29, 1.82) is 0 Å². The number of esters is 1. The molecule has 20 heavy (non-hydrogen) atoms. The second-order valence-corrected chi connectivity index (χ2v) is 5.77. The summed E-state index contributed by atoms with van der Waals surface area (Å²) in [5.41, 5.74) is 7.39. The topological polar surface area (TPSA) is 55.6 Å². The van der Waals surface area contributed by atoms with E-state index < -0.39 is 0 Å². The van der Waals surface area contributed by atoms with Crippen molar-refractivity contribution in [2.24, 2.45) is 5.73 Å². The molecule has 2 atom stereocenters. The highest BCUT2D eigenvalue weighted by molar-refractivity contribution is 6.30. The first-order valence-corrected chi connectivity index (χ1v) is 7.26. The maximum atomic E-state index is 11.2. The van der Waals surface area contributed by atoms with Crippen LogP contribution in [0.5, 0.6) is 0 Å². The number of halogens is 1. The van der Waals surface area contributed by atoms with Crippen LogP contribution < -0.4 is 5.73 Å². The molecule has 0 spiro atoms. The summed E-state index contributed by atoms with van der Waals surface area (Å²) in [5.74, 6) is 0.223. The molecule has 1 aliphatic rings. The second-order valence-electron chi connectivity index (χ2n) is 5.33. The van der Waals surface area contributed by atoms with Crippen molar-refractivity contribution in [3.63, 3.8) is 0 Å². The lowest BCUT2D eigenvalue weighted by Crippen LogP contribution is -2.46. The van der Waals surface area contributed by atoms with E-state index in [1.54, 1.807) is 0 Å². The molecule has 0 aromatic heterocycles. The van der Waals surface area contributed by atoms with Crippen LogP contribution in [0.4, 0.5) is 0 Å². The quantitative estimate of drug-likeness (QED) is 0.864. The molecule has 0 bridgehead atoms. The maximum absolute atomic E-state index is 11.2. The smallest absolute Gasteiger partial charge is 0.306 e. The van der Waals surface area contributed by atoms with Crippen molar-refractivity contribution < 1.29 is 9.53 Å². The van der Waals surface area contributed by atoms with E-state index in [0.717, 1.165) is 24.5 Å². The van der Waals surface area contributed by atoms with Gasteiger partial charge in [-0.15, -0.1) is 0 Å². The molecule has 1 aliphatic heterocycles. The highest BCUT2D eigenvalue weighted by atomic mass is 35.5. The number of likely N-dealkylation sites (tertiary alicyclic amines) is 1. The Labute approximate surface area is 124 Å². The molecule has 5 heteroatoms. The molecule has 1 heterocycles. The fraction of sp³-hybridized carbons (Fsp3) is 0.533. The molecule has 1 saturated heterocycles. The van der Waals surface area contributed by atoms with Crippen LogP contribution >= 0.6 is 11.6 Å². The van der Waals surface area contributed by atoms with Gasteiger partial charge in [-0.1, -0.05) is 23.7 Å². The van der Waals surface area contributed by atoms with Crippen LogP contribution in [0.2, 0.25) is 5.02 Å². The summed E-state index contributed by atoms with van der Waals surface area (Å²) in [5, 5.41) is 0.747. The summed E-state index contributed by atoms with van der Waals surface area (Å²) >= 11 is 5.92. The zero-order valence-corrected chi connectivity index (χ0v) is 12.5. The average molecular weight is 297 g/mol. The molecule has 0 amide bonds. The Morgan fingerprint density at radius 3 is 2.75 bits per heavy atom. The van der Waals surface area contributed by atoms with Crippen LogP contribution in [0.3, 0.4) is 0 Å². The first kappa shape index (κ1) is 15.3. The Bertz CT molecular complexity index is 450. The lowest BCUT2D eigenvalue weighted by atomic mass is 9.88. The third-order valence-electron chi connectivity index (χ3n) is 3.76. The molecular formula is C15H21ClN2O2. The first-order chi connectivity index (χ1) is 9.58.